The van der Waals surface area contributed by atoms with E-state index >= 15 is 0 Å². The molecular weight excluding hydrogens is 258 g/mol. The summed E-state index contributed by atoms with van der Waals surface area (Å²) in [5.74, 6) is -1.00. The van der Waals surface area contributed by atoms with Gasteiger partial charge in [-0.15, -0.1) is 0 Å². The second-order valence-electron chi connectivity index (χ2n) is 5.97. The number of nitrogens with zero attached hydrogens (tertiary/aromatic N) is 1. The highest BCUT2D eigenvalue weighted by atomic mass is 16.4. The van der Waals surface area contributed by atoms with Crippen molar-refractivity contribution in [2.75, 3.05) is 13.6 Å². The van der Waals surface area contributed by atoms with Crippen molar-refractivity contribution in [1.29, 1.82) is 0 Å². The average molecular weight is 285 g/mol. The SMILES string of the molecule is CCCC(C)(NC(=O)NCC(C)N(C)C1CC1)C(=O)O. The fourth-order valence-electron chi connectivity index (χ4n) is 2.24. The van der Waals surface area contributed by atoms with Crippen LogP contribution in [0.15, 0.2) is 0 Å². The third-order valence-corrected chi connectivity index (χ3v) is 3.99. The van der Waals surface area contributed by atoms with E-state index in [0.717, 1.165) is 0 Å². The molecule has 6 nitrogen and oxygen atoms in total. The zero-order valence-electron chi connectivity index (χ0n) is 12.9. The van der Waals surface area contributed by atoms with Gasteiger partial charge in [-0.05, 0) is 40.2 Å². The van der Waals surface area contributed by atoms with E-state index in [4.69, 9.17) is 0 Å². The van der Waals surface area contributed by atoms with E-state index in [2.05, 4.69) is 29.5 Å². The van der Waals surface area contributed by atoms with Crippen molar-refractivity contribution < 1.29 is 14.7 Å². The van der Waals surface area contributed by atoms with Gasteiger partial charge in [-0.25, -0.2) is 9.59 Å². The van der Waals surface area contributed by atoms with E-state index in [-0.39, 0.29) is 6.04 Å². The Hall–Kier alpha value is -1.30. The molecule has 0 saturated heterocycles. The molecule has 20 heavy (non-hydrogen) atoms. The fourth-order valence-corrected chi connectivity index (χ4v) is 2.24. The largest absolute Gasteiger partial charge is 0.480 e. The fraction of sp³-hybridized carbons (Fsp3) is 0.857. The molecule has 2 unspecified atom stereocenters. The van der Waals surface area contributed by atoms with Gasteiger partial charge < -0.3 is 15.7 Å². The normalized spacial score (nSPS) is 19.2. The number of amides is 2. The minimum Gasteiger partial charge on any atom is -0.480 e. The minimum atomic E-state index is -1.20. The van der Waals surface area contributed by atoms with Crippen LogP contribution in [0.25, 0.3) is 0 Å². The molecule has 0 aliphatic heterocycles. The maximum Gasteiger partial charge on any atom is 0.329 e. The van der Waals surface area contributed by atoms with E-state index in [1.165, 1.54) is 19.8 Å². The van der Waals surface area contributed by atoms with Gasteiger partial charge in [0.05, 0.1) is 0 Å². The highest BCUT2D eigenvalue weighted by Crippen LogP contribution is 2.26. The maximum absolute atomic E-state index is 11.8. The predicted molar refractivity (Wildman–Crippen MR) is 77.7 cm³/mol. The number of aliphatic carboxylic acids is 1. The van der Waals surface area contributed by atoms with Crippen LogP contribution < -0.4 is 10.6 Å². The van der Waals surface area contributed by atoms with Crippen LogP contribution in [0.2, 0.25) is 0 Å². The Morgan fingerprint density at radius 1 is 1.45 bits per heavy atom. The predicted octanol–water partition coefficient (Wildman–Crippen LogP) is 1.41. The van der Waals surface area contributed by atoms with E-state index in [1.807, 2.05) is 6.92 Å². The van der Waals surface area contributed by atoms with Gasteiger partial charge in [0.1, 0.15) is 5.54 Å². The molecule has 1 saturated carbocycles. The van der Waals surface area contributed by atoms with Crippen LogP contribution >= 0.6 is 0 Å². The molecule has 6 heteroatoms. The first kappa shape index (κ1) is 16.8. The number of urea groups is 1. The molecule has 2 amide bonds. The number of hydrogen-bond donors (Lipinski definition) is 3. The number of hydrogen-bond acceptors (Lipinski definition) is 3. The quantitative estimate of drug-likeness (QED) is 0.630. The Balaban J connectivity index is 2.39. The van der Waals surface area contributed by atoms with Crippen LogP contribution in [0, 0.1) is 0 Å². The number of carbonyl (C=O) groups excluding carboxylic acids is 1. The molecule has 1 aliphatic rings. The summed E-state index contributed by atoms with van der Waals surface area (Å²) < 4.78 is 0. The van der Waals surface area contributed by atoms with Crippen LogP contribution in [0.4, 0.5) is 4.79 Å². The summed E-state index contributed by atoms with van der Waals surface area (Å²) in [5.41, 5.74) is -1.20. The van der Waals surface area contributed by atoms with Crippen molar-refractivity contribution in [3.05, 3.63) is 0 Å². The first-order chi connectivity index (χ1) is 9.30. The van der Waals surface area contributed by atoms with Gasteiger partial charge in [0.2, 0.25) is 0 Å². The molecule has 116 valence electrons. The summed E-state index contributed by atoms with van der Waals surface area (Å²) in [6.45, 7) is 6.01. The lowest BCUT2D eigenvalue weighted by Crippen LogP contribution is -2.56. The monoisotopic (exact) mass is 285 g/mol. The molecule has 3 N–H and O–H groups in total. The molecule has 0 aromatic carbocycles. The standard InChI is InChI=1S/C14H27N3O3/c1-5-8-14(3,12(18)19)16-13(20)15-9-10(2)17(4)11-6-7-11/h10-11H,5-9H2,1-4H3,(H,18,19)(H2,15,16,20). The van der Waals surface area contributed by atoms with E-state index in [9.17, 15) is 14.7 Å². The molecule has 0 bridgehead atoms. The Morgan fingerprint density at radius 3 is 2.50 bits per heavy atom. The van der Waals surface area contributed by atoms with Gasteiger partial charge in [0.15, 0.2) is 0 Å². The molecule has 2 atom stereocenters. The van der Waals surface area contributed by atoms with Gasteiger partial charge in [0, 0.05) is 18.6 Å². The molecule has 0 aromatic rings. The summed E-state index contributed by atoms with van der Waals surface area (Å²) in [7, 11) is 2.06. The Bertz CT molecular complexity index is 358. The highest BCUT2D eigenvalue weighted by Gasteiger charge is 2.34. The summed E-state index contributed by atoms with van der Waals surface area (Å²) >= 11 is 0. The van der Waals surface area contributed by atoms with Crippen LogP contribution in [0.5, 0.6) is 0 Å². The Labute approximate surface area is 120 Å². The number of carboxylic acid groups (broad SMARTS) is 1. The van der Waals surface area contributed by atoms with Crippen LogP contribution in [0.1, 0.15) is 46.5 Å². The van der Waals surface area contributed by atoms with Crippen molar-refractivity contribution in [3.8, 4) is 0 Å². The molecule has 1 fully saturated rings. The molecule has 0 radical (unpaired) electrons. The molecule has 1 aliphatic carbocycles. The lowest BCUT2D eigenvalue weighted by Gasteiger charge is -2.28. The first-order valence-corrected chi connectivity index (χ1v) is 7.31. The third kappa shape index (κ3) is 4.67. The minimum absolute atomic E-state index is 0.246. The number of likely N-dealkylation sites (N-methyl/N-ethyl adjacent to an activating group) is 1. The zero-order valence-corrected chi connectivity index (χ0v) is 12.9. The highest BCUT2D eigenvalue weighted by molar-refractivity contribution is 5.85. The third-order valence-electron chi connectivity index (χ3n) is 3.99. The Morgan fingerprint density at radius 2 is 2.05 bits per heavy atom. The van der Waals surface area contributed by atoms with E-state index < -0.39 is 17.5 Å². The van der Waals surface area contributed by atoms with Crippen LogP contribution in [-0.4, -0.2) is 53.2 Å². The molecule has 1 rings (SSSR count). The smallest absolute Gasteiger partial charge is 0.329 e. The average Bonchev–Trinajstić information content (AvgIpc) is 3.19. The lowest BCUT2D eigenvalue weighted by atomic mass is 9.97. The second kappa shape index (κ2) is 6.92. The summed E-state index contributed by atoms with van der Waals surface area (Å²) in [6.07, 6.45) is 3.55. The van der Waals surface area contributed by atoms with E-state index in [0.29, 0.717) is 25.4 Å². The number of nitrogens with one attached hydrogen (secondary N) is 2. The van der Waals surface area contributed by atoms with Crippen molar-refractivity contribution in [1.82, 2.24) is 15.5 Å². The zero-order chi connectivity index (χ0) is 15.3. The summed E-state index contributed by atoms with van der Waals surface area (Å²) in [5, 5.41) is 14.5. The molecule has 0 heterocycles. The van der Waals surface area contributed by atoms with Crippen molar-refractivity contribution >= 4 is 12.0 Å². The van der Waals surface area contributed by atoms with Gasteiger partial charge in [0.25, 0.3) is 0 Å². The van der Waals surface area contributed by atoms with Gasteiger partial charge in [-0.3, -0.25) is 4.90 Å². The van der Waals surface area contributed by atoms with Crippen molar-refractivity contribution in [3.63, 3.8) is 0 Å². The van der Waals surface area contributed by atoms with Crippen LogP contribution in [-0.2, 0) is 4.79 Å². The summed E-state index contributed by atoms with van der Waals surface area (Å²) in [4.78, 5) is 25.3. The van der Waals surface area contributed by atoms with Gasteiger partial charge in [-0.2, -0.15) is 0 Å². The second-order valence-corrected chi connectivity index (χ2v) is 5.97. The topological polar surface area (TPSA) is 81.7 Å². The lowest BCUT2D eigenvalue weighted by molar-refractivity contribution is -0.144. The number of carbonyl (C=O) groups is 2. The van der Waals surface area contributed by atoms with Crippen LogP contribution in [0.3, 0.4) is 0 Å². The first-order valence-electron chi connectivity index (χ1n) is 7.31. The number of carboxylic acids is 1. The van der Waals surface area contributed by atoms with Crippen molar-refractivity contribution in [2.45, 2.75) is 64.1 Å². The molecule has 0 aromatic heterocycles. The Kier molecular flexibility index (Phi) is 5.80. The van der Waals surface area contributed by atoms with Gasteiger partial charge >= 0.3 is 12.0 Å². The molecular formula is C14H27N3O3. The maximum atomic E-state index is 11.8. The molecule has 0 spiro atoms. The van der Waals surface area contributed by atoms with Crippen molar-refractivity contribution in [2.24, 2.45) is 0 Å². The van der Waals surface area contributed by atoms with E-state index in [1.54, 1.807) is 0 Å². The van der Waals surface area contributed by atoms with Gasteiger partial charge in [-0.1, -0.05) is 13.3 Å². The number of rotatable bonds is 8. The summed E-state index contributed by atoms with van der Waals surface area (Å²) in [6, 6.07) is 0.467.